The third-order valence-electron chi connectivity index (χ3n) is 4.99. The molecule has 0 spiro atoms. The Morgan fingerprint density at radius 2 is 1.59 bits per heavy atom. The van der Waals surface area contributed by atoms with E-state index in [1.807, 2.05) is 42.5 Å². The summed E-state index contributed by atoms with van der Waals surface area (Å²) in [5, 5.41) is 11.3. The quantitative estimate of drug-likeness (QED) is 0.707. The van der Waals surface area contributed by atoms with Crippen molar-refractivity contribution < 1.29 is 9.21 Å². The van der Waals surface area contributed by atoms with Crippen molar-refractivity contribution in [1.29, 1.82) is 0 Å². The lowest BCUT2D eigenvalue weighted by Gasteiger charge is -2.10. The van der Waals surface area contributed by atoms with Crippen LogP contribution in [0.1, 0.15) is 38.0 Å². The second-order valence-corrected chi connectivity index (χ2v) is 6.99. The zero-order chi connectivity index (χ0) is 18.5. The lowest BCUT2D eigenvalue weighted by Crippen LogP contribution is -2.32. The van der Waals surface area contributed by atoms with E-state index in [0.717, 1.165) is 24.0 Å². The Hall–Kier alpha value is -2.95. The van der Waals surface area contributed by atoms with Gasteiger partial charge < -0.3 is 9.73 Å². The number of nitrogens with one attached hydrogen (secondary N) is 1. The predicted octanol–water partition coefficient (Wildman–Crippen LogP) is 4.40. The zero-order valence-electron chi connectivity index (χ0n) is 15.2. The molecular formula is C22H23N3O2. The van der Waals surface area contributed by atoms with Gasteiger partial charge in [0.25, 0.3) is 0 Å². The number of benzene rings is 2. The van der Waals surface area contributed by atoms with Crippen molar-refractivity contribution >= 4 is 5.91 Å². The smallest absolute Gasteiger partial charge is 0.247 e. The summed E-state index contributed by atoms with van der Waals surface area (Å²) in [6.07, 6.45) is 5.45. The number of hydrogen-bond donors (Lipinski definition) is 1. The van der Waals surface area contributed by atoms with Gasteiger partial charge in [-0.15, -0.1) is 10.2 Å². The molecule has 0 aliphatic heterocycles. The summed E-state index contributed by atoms with van der Waals surface area (Å²) < 4.78 is 5.73. The van der Waals surface area contributed by atoms with Crippen molar-refractivity contribution in [1.82, 2.24) is 15.5 Å². The van der Waals surface area contributed by atoms with Gasteiger partial charge in [-0.2, -0.15) is 0 Å². The molecule has 0 atom stereocenters. The van der Waals surface area contributed by atoms with Gasteiger partial charge >= 0.3 is 0 Å². The fourth-order valence-corrected chi connectivity index (χ4v) is 3.50. The second-order valence-electron chi connectivity index (χ2n) is 6.99. The van der Waals surface area contributed by atoms with Crippen LogP contribution < -0.4 is 5.32 Å². The van der Waals surface area contributed by atoms with E-state index < -0.39 is 0 Å². The van der Waals surface area contributed by atoms with Crippen LogP contribution in [0, 0.1) is 0 Å². The van der Waals surface area contributed by atoms with Crippen LogP contribution in [0.15, 0.2) is 59.0 Å². The molecule has 0 saturated heterocycles. The normalized spacial score (nSPS) is 14.4. The molecule has 1 N–H and O–H groups in total. The Balaban J connectivity index is 1.35. The van der Waals surface area contributed by atoms with Gasteiger partial charge in [0.1, 0.15) is 0 Å². The van der Waals surface area contributed by atoms with Gasteiger partial charge in [-0.3, -0.25) is 4.79 Å². The molecule has 0 unspecified atom stereocenters. The Bertz CT molecular complexity index is 881. The van der Waals surface area contributed by atoms with Crippen LogP contribution in [-0.2, 0) is 11.2 Å². The van der Waals surface area contributed by atoms with E-state index in [1.54, 1.807) is 0 Å². The van der Waals surface area contributed by atoms with Crippen LogP contribution in [0.4, 0.5) is 0 Å². The van der Waals surface area contributed by atoms with E-state index in [-0.39, 0.29) is 5.91 Å². The second kappa shape index (κ2) is 8.16. The highest BCUT2D eigenvalue weighted by molar-refractivity contribution is 5.76. The van der Waals surface area contributed by atoms with E-state index in [1.165, 1.54) is 18.4 Å². The molecule has 2 aromatic carbocycles. The molecule has 0 radical (unpaired) electrons. The van der Waals surface area contributed by atoms with Gasteiger partial charge in [0.2, 0.25) is 17.7 Å². The van der Waals surface area contributed by atoms with E-state index in [2.05, 4.69) is 27.6 Å². The lowest BCUT2D eigenvalue weighted by atomic mass is 10.0. The minimum absolute atomic E-state index is 0.0638. The SMILES string of the molecule is O=C(CCc1nnc(-c2ccc(-c3ccccc3)cc2)o1)NC1CCCC1. The average Bonchev–Trinajstić information content (AvgIpc) is 3.39. The number of carbonyl (C=O) groups is 1. The van der Waals surface area contributed by atoms with Crippen LogP contribution in [0.5, 0.6) is 0 Å². The molecule has 138 valence electrons. The van der Waals surface area contributed by atoms with Crippen LogP contribution in [0.25, 0.3) is 22.6 Å². The Morgan fingerprint density at radius 3 is 2.33 bits per heavy atom. The van der Waals surface area contributed by atoms with Crippen molar-refractivity contribution in [3.05, 3.63) is 60.5 Å². The fraction of sp³-hybridized carbons (Fsp3) is 0.318. The Morgan fingerprint density at radius 1 is 0.926 bits per heavy atom. The summed E-state index contributed by atoms with van der Waals surface area (Å²) in [5.74, 6) is 1.05. The van der Waals surface area contributed by atoms with Gasteiger partial charge in [-0.05, 0) is 36.1 Å². The summed E-state index contributed by atoms with van der Waals surface area (Å²) in [5.41, 5.74) is 3.19. The third-order valence-corrected chi connectivity index (χ3v) is 4.99. The molecule has 1 fully saturated rings. The summed E-state index contributed by atoms with van der Waals surface area (Å²) in [4.78, 5) is 12.0. The summed E-state index contributed by atoms with van der Waals surface area (Å²) in [6, 6.07) is 18.6. The maximum atomic E-state index is 12.0. The summed E-state index contributed by atoms with van der Waals surface area (Å²) in [7, 11) is 0. The first-order valence-corrected chi connectivity index (χ1v) is 9.55. The molecule has 1 aliphatic rings. The van der Waals surface area contributed by atoms with E-state index >= 15 is 0 Å². The number of aryl methyl sites for hydroxylation is 1. The first-order valence-electron chi connectivity index (χ1n) is 9.55. The van der Waals surface area contributed by atoms with Crippen molar-refractivity contribution in [2.75, 3.05) is 0 Å². The Labute approximate surface area is 158 Å². The topological polar surface area (TPSA) is 68.0 Å². The number of amides is 1. The number of rotatable bonds is 6. The van der Waals surface area contributed by atoms with Crippen molar-refractivity contribution in [3.8, 4) is 22.6 Å². The standard InChI is InChI=1S/C22H23N3O2/c26-20(23-19-8-4-5-9-19)14-15-21-24-25-22(27-21)18-12-10-17(11-13-18)16-6-2-1-3-7-16/h1-3,6-7,10-13,19H,4-5,8-9,14-15H2,(H,23,26). The van der Waals surface area contributed by atoms with Gasteiger partial charge in [0.05, 0.1) is 0 Å². The first-order chi connectivity index (χ1) is 13.3. The van der Waals surface area contributed by atoms with Crippen molar-refractivity contribution in [2.24, 2.45) is 0 Å². The molecule has 5 nitrogen and oxygen atoms in total. The maximum Gasteiger partial charge on any atom is 0.247 e. The molecule has 1 saturated carbocycles. The monoisotopic (exact) mass is 361 g/mol. The summed E-state index contributed by atoms with van der Waals surface area (Å²) >= 11 is 0. The molecule has 1 heterocycles. The van der Waals surface area contributed by atoms with Gasteiger partial charge in [-0.25, -0.2) is 0 Å². The molecule has 1 amide bonds. The maximum absolute atomic E-state index is 12.0. The number of aromatic nitrogens is 2. The lowest BCUT2D eigenvalue weighted by molar-refractivity contribution is -0.121. The van der Waals surface area contributed by atoms with Crippen molar-refractivity contribution in [2.45, 2.75) is 44.6 Å². The van der Waals surface area contributed by atoms with Crippen LogP contribution in [0.3, 0.4) is 0 Å². The summed E-state index contributed by atoms with van der Waals surface area (Å²) in [6.45, 7) is 0. The van der Waals surface area contributed by atoms with E-state index in [0.29, 0.717) is 30.7 Å². The van der Waals surface area contributed by atoms with E-state index in [4.69, 9.17) is 4.42 Å². The average molecular weight is 361 g/mol. The van der Waals surface area contributed by atoms with Gasteiger partial charge in [-0.1, -0.05) is 55.3 Å². The molecule has 1 aromatic heterocycles. The molecule has 4 rings (SSSR count). The third kappa shape index (κ3) is 4.42. The Kier molecular flexibility index (Phi) is 5.28. The largest absolute Gasteiger partial charge is 0.421 e. The molecule has 27 heavy (non-hydrogen) atoms. The van der Waals surface area contributed by atoms with Gasteiger partial charge in [0, 0.05) is 24.4 Å². The van der Waals surface area contributed by atoms with Gasteiger partial charge in [0.15, 0.2) is 0 Å². The highest BCUT2D eigenvalue weighted by Gasteiger charge is 2.17. The van der Waals surface area contributed by atoms with Crippen molar-refractivity contribution in [3.63, 3.8) is 0 Å². The van der Waals surface area contributed by atoms with Crippen LogP contribution >= 0.6 is 0 Å². The number of carbonyl (C=O) groups excluding carboxylic acids is 1. The number of hydrogen-bond acceptors (Lipinski definition) is 4. The fourth-order valence-electron chi connectivity index (χ4n) is 3.50. The highest BCUT2D eigenvalue weighted by atomic mass is 16.4. The van der Waals surface area contributed by atoms with Crippen LogP contribution in [-0.4, -0.2) is 22.1 Å². The predicted molar refractivity (Wildman–Crippen MR) is 104 cm³/mol. The minimum atomic E-state index is 0.0638. The molecule has 0 bridgehead atoms. The molecule has 1 aliphatic carbocycles. The number of nitrogens with zero attached hydrogens (tertiary/aromatic N) is 2. The molecule has 5 heteroatoms. The molecule has 3 aromatic rings. The zero-order valence-corrected chi connectivity index (χ0v) is 15.2. The van der Waals surface area contributed by atoms with E-state index in [9.17, 15) is 4.79 Å². The molecular weight excluding hydrogens is 338 g/mol. The van der Waals surface area contributed by atoms with Crippen LogP contribution in [0.2, 0.25) is 0 Å². The highest BCUT2D eigenvalue weighted by Crippen LogP contribution is 2.24. The minimum Gasteiger partial charge on any atom is -0.421 e. The first kappa shape index (κ1) is 17.5.